The quantitative estimate of drug-likeness (QED) is 0.348. The Morgan fingerprint density at radius 1 is 0.861 bits per heavy atom. The zero-order valence-corrected chi connectivity index (χ0v) is 21.5. The summed E-state index contributed by atoms with van der Waals surface area (Å²) in [6.45, 7) is 1.80. The van der Waals surface area contributed by atoms with E-state index in [2.05, 4.69) is 5.32 Å². The van der Waals surface area contributed by atoms with Gasteiger partial charge in [-0.1, -0.05) is 66.2 Å². The van der Waals surface area contributed by atoms with E-state index in [9.17, 15) is 14.4 Å². The summed E-state index contributed by atoms with van der Waals surface area (Å²) in [5.74, 6) is -2.87. The lowest BCUT2D eigenvalue weighted by molar-refractivity contribution is -0.140. The molecule has 3 amide bonds. The number of carbonyl (C=O) groups is 3. The number of hydrogen-bond donors (Lipinski definition) is 1. The number of hydrogen-bond acceptors (Lipinski definition) is 3. The number of nitrogens with one attached hydrogen (secondary N) is 1. The standard InChI is InChI=1S/C28H21Cl3N2O3/c1-15-10-11-16(14-21(15)29)32-22(34)12-13-33-25(35)23-24(26(33)36)28(31)18-7-3-2-6-17(18)27(23,30)19-8-4-5-9-20(19)28/h2-11,14,23-24H,12-13H2,1H3,(H,32,34)/t23-,24+,27?,28?. The van der Waals surface area contributed by atoms with Gasteiger partial charge in [0.25, 0.3) is 0 Å². The van der Waals surface area contributed by atoms with Crippen LogP contribution in [0.1, 0.15) is 34.2 Å². The van der Waals surface area contributed by atoms with Gasteiger partial charge in [0.05, 0.1) is 11.8 Å². The van der Waals surface area contributed by atoms with Crippen LogP contribution in [0.15, 0.2) is 66.7 Å². The van der Waals surface area contributed by atoms with Gasteiger partial charge >= 0.3 is 0 Å². The van der Waals surface area contributed by atoms with Gasteiger partial charge in [-0.05, 0) is 46.9 Å². The summed E-state index contributed by atoms with van der Waals surface area (Å²) >= 11 is 20.9. The van der Waals surface area contributed by atoms with Crippen molar-refractivity contribution in [3.05, 3.63) is 99.6 Å². The van der Waals surface area contributed by atoms with Gasteiger partial charge in [0.15, 0.2) is 0 Å². The van der Waals surface area contributed by atoms with Crippen LogP contribution >= 0.6 is 34.8 Å². The third-order valence-electron chi connectivity index (χ3n) is 7.69. The van der Waals surface area contributed by atoms with Crippen molar-refractivity contribution in [2.75, 3.05) is 11.9 Å². The lowest BCUT2D eigenvalue weighted by atomic mass is 9.54. The van der Waals surface area contributed by atoms with E-state index >= 15 is 0 Å². The Bertz CT molecular complexity index is 1350. The fourth-order valence-electron chi connectivity index (χ4n) is 6.05. The second kappa shape index (κ2) is 8.07. The zero-order chi connectivity index (χ0) is 25.4. The van der Waals surface area contributed by atoms with Crippen LogP contribution in [-0.2, 0) is 24.1 Å². The molecule has 7 rings (SSSR count). The highest BCUT2D eigenvalue weighted by atomic mass is 35.5. The van der Waals surface area contributed by atoms with E-state index in [0.29, 0.717) is 10.7 Å². The molecule has 4 aliphatic rings. The van der Waals surface area contributed by atoms with E-state index in [1.807, 2.05) is 55.5 Å². The van der Waals surface area contributed by atoms with Gasteiger partial charge in [-0.2, -0.15) is 0 Å². The number of amides is 3. The SMILES string of the molecule is Cc1ccc(NC(=O)CCN2C(=O)[C@@H]3[C@H](C2=O)C2(Cl)c4ccccc4C3(Cl)c3ccccc32)cc1Cl. The number of anilines is 1. The summed E-state index contributed by atoms with van der Waals surface area (Å²) in [5, 5.41) is 3.31. The predicted molar refractivity (Wildman–Crippen MR) is 139 cm³/mol. The first kappa shape index (κ1) is 23.5. The maximum absolute atomic E-state index is 13.8. The van der Waals surface area contributed by atoms with Crippen molar-refractivity contribution in [2.45, 2.75) is 23.1 Å². The molecule has 2 atom stereocenters. The first-order chi connectivity index (χ1) is 17.2. The smallest absolute Gasteiger partial charge is 0.235 e. The molecule has 1 aliphatic heterocycles. The third-order valence-corrected chi connectivity index (χ3v) is 9.39. The van der Waals surface area contributed by atoms with E-state index in [-0.39, 0.29) is 18.9 Å². The van der Waals surface area contributed by atoms with Crippen molar-refractivity contribution in [3.8, 4) is 0 Å². The van der Waals surface area contributed by atoms with E-state index in [1.54, 1.807) is 18.2 Å². The minimum absolute atomic E-state index is 0.0626. The van der Waals surface area contributed by atoms with Gasteiger partial charge in [-0.3, -0.25) is 19.3 Å². The monoisotopic (exact) mass is 538 g/mol. The highest BCUT2D eigenvalue weighted by Gasteiger charge is 2.72. The Morgan fingerprint density at radius 2 is 1.33 bits per heavy atom. The topological polar surface area (TPSA) is 66.5 Å². The van der Waals surface area contributed by atoms with E-state index in [4.69, 9.17) is 34.8 Å². The van der Waals surface area contributed by atoms with Gasteiger partial charge < -0.3 is 5.32 Å². The van der Waals surface area contributed by atoms with Crippen LogP contribution in [0.2, 0.25) is 5.02 Å². The molecule has 3 aromatic rings. The summed E-state index contributed by atoms with van der Waals surface area (Å²) in [6.07, 6.45) is -0.0626. The average Bonchev–Trinajstić information content (AvgIpc) is 3.14. The number of benzene rings is 3. The number of carbonyl (C=O) groups excluding carboxylic acids is 3. The van der Waals surface area contributed by atoms with E-state index in [1.165, 1.54) is 0 Å². The average molecular weight is 540 g/mol. The predicted octanol–water partition coefficient (Wildman–Crippen LogP) is 5.57. The van der Waals surface area contributed by atoms with Crippen LogP contribution in [0.4, 0.5) is 5.69 Å². The Morgan fingerprint density at radius 3 is 1.78 bits per heavy atom. The molecule has 0 radical (unpaired) electrons. The van der Waals surface area contributed by atoms with Gasteiger partial charge in [0, 0.05) is 23.7 Å². The molecule has 1 fully saturated rings. The normalized spacial score (nSPS) is 27.5. The van der Waals surface area contributed by atoms with Crippen LogP contribution in [0, 0.1) is 18.8 Å². The summed E-state index contributed by atoms with van der Waals surface area (Å²) < 4.78 is 0. The highest BCUT2D eigenvalue weighted by molar-refractivity contribution is 6.36. The first-order valence-corrected chi connectivity index (χ1v) is 12.8. The Hall–Kier alpha value is -2.86. The highest BCUT2D eigenvalue weighted by Crippen LogP contribution is 2.69. The maximum atomic E-state index is 13.8. The zero-order valence-electron chi connectivity index (χ0n) is 19.2. The summed E-state index contributed by atoms with van der Waals surface area (Å²) in [5.41, 5.74) is 4.44. The summed E-state index contributed by atoms with van der Waals surface area (Å²) in [4.78, 5) is 38.9. The first-order valence-electron chi connectivity index (χ1n) is 11.7. The van der Waals surface area contributed by atoms with E-state index in [0.717, 1.165) is 32.7 Å². The molecule has 1 N–H and O–H groups in total. The van der Waals surface area contributed by atoms with Gasteiger partial charge in [-0.25, -0.2) is 0 Å². The molecule has 3 aliphatic carbocycles. The number of halogens is 3. The van der Waals surface area contributed by atoms with Crippen LogP contribution < -0.4 is 5.32 Å². The number of aryl methyl sites for hydroxylation is 1. The molecule has 5 nitrogen and oxygen atoms in total. The number of imide groups is 1. The number of alkyl halides is 2. The fraction of sp³-hybridized carbons (Fsp3) is 0.250. The second-order valence-electron chi connectivity index (χ2n) is 9.56. The van der Waals surface area contributed by atoms with E-state index < -0.39 is 33.4 Å². The molecule has 2 bridgehead atoms. The van der Waals surface area contributed by atoms with Crippen LogP contribution in [-0.4, -0.2) is 29.2 Å². The van der Waals surface area contributed by atoms with Crippen molar-refractivity contribution in [1.82, 2.24) is 4.90 Å². The molecule has 0 unspecified atom stereocenters. The van der Waals surface area contributed by atoms with Gasteiger partial charge in [0.2, 0.25) is 17.7 Å². The van der Waals surface area contributed by atoms with Crippen LogP contribution in [0.25, 0.3) is 0 Å². The van der Waals surface area contributed by atoms with Crippen LogP contribution in [0.3, 0.4) is 0 Å². The minimum Gasteiger partial charge on any atom is -0.326 e. The molecule has 1 heterocycles. The van der Waals surface area contributed by atoms with Gasteiger partial charge in [-0.15, -0.1) is 23.2 Å². The molecule has 8 heteroatoms. The lowest BCUT2D eigenvalue weighted by Gasteiger charge is -2.54. The summed E-state index contributed by atoms with van der Waals surface area (Å²) in [7, 11) is 0. The van der Waals surface area contributed by atoms with Crippen molar-refractivity contribution >= 4 is 58.2 Å². The Kier molecular flexibility index (Phi) is 5.28. The molecule has 0 saturated carbocycles. The maximum Gasteiger partial charge on any atom is 0.235 e. The molecule has 182 valence electrons. The molecule has 1 saturated heterocycles. The minimum atomic E-state index is -1.23. The largest absolute Gasteiger partial charge is 0.326 e. The van der Waals surface area contributed by atoms with Crippen molar-refractivity contribution in [3.63, 3.8) is 0 Å². The molecule has 0 spiro atoms. The molecular formula is C28H21Cl3N2O3. The molecular weight excluding hydrogens is 519 g/mol. The molecule has 3 aromatic carbocycles. The van der Waals surface area contributed by atoms with Crippen LogP contribution in [0.5, 0.6) is 0 Å². The second-order valence-corrected chi connectivity index (χ2v) is 11.2. The lowest BCUT2D eigenvalue weighted by Crippen LogP contribution is -2.57. The van der Waals surface area contributed by atoms with Crippen molar-refractivity contribution in [1.29, 1.82) is 0 Å². The van der Waals surface area contributed by atoms with Crippen molar-refractivity contribution in [2.24, 2.45) is 11.8 Å². The number of nitrogens with zero attached hydrogens (tertiary/aromatic N) is 1. The Labute approximate surface area is 223 Å². The molecule has 36 heavy (non-hydrogen) atoms. The van der Waals surface area contributed by atoms with Crippen molar-refractivity contribution < 1.29 is 14.4 Å². The third kappa shape index (κ3) is 3.00. The fourth-order valence-corrected chi connectivity index (χ4v) is 7.33. The molecule has 0 aromatic heterocycles. The Balaban J connectivity index is 1.33. The number of rotatable bonds is 4. The number of likely N-dealkylation sites (tertiary alicyclic amines) is 1. The summed E-state index contributed by atoms with van der Waals surface area (Å²) in [6, 6.07) is 20.2. The van der Waals surface area contributed by atoms with Gasteiger partial charge in [0.1, 0.15) is 9.75 Å².